The van der Waals surface area contributed by atoms with Gasteiger partial charge in [-0.25, -0.2) is 4.57 Å². The maximum Gasteiger partial charge on any atom is 0.472 e. The first kappa shape index (κ1) is 15.1. The molecule has 5 heteroatoms. The van der Waals surface area contributed by atoms with Gasteiger partial charge in [-0.2, -0.15) is 0 Å². The van der Waals surface area contributed by atoms with Crippen LogP contribution in [0.3, 0.4) is 0 Å². The number of hydrogen-bond donors (Lipinski definition) is 1. The van der Waals surface area contributed by atoms with Crippen LogP contribution in [-0.4, -0.2) is 17.1 Å². The second-order valence-electron chi connectivity index (χ2n) is 4.57. The van der Waals surface area contributed by atoms with E-state index in [2.05, 4.69) is 6.92 Å². The maximum absolute atomic E-state index is 11.4. The predicted molar refractivity (Wildman–Crippen MR) is 60.8 cm³/mol. The summed E-state index contributed by atoms with van der Waals surface area (Å²) >= 11 is 0. The van der Waals surface area contributed by atoms with Crippen LogP contribution in [0.15, 0.2) is 0 Å². The summed E-state index contributed by atoms with van der Waals surface area (Å²) in [5.41, 5.74) is -0.659. The molecule has 92 valence electrons. The van der Waals surface area contributed by atoms with Crippen molar-refractivity contribution in [2.24, 2.45) is 0 Å². The second-order valence-corrected chi connectivity index (χ2v) is 5.94. The van der Waals surface area contributed by atoms with Crippen LogP contribution in [0.2, 0.25) is 0 Å². The molecular formula is C10H23O4P. The fraction of sp³-hybridized carbons (Fsp3) is 1.00. The lowest BCUT2D eigenvalue weighted by molar-refractivity contribution is 0.0611. The topological polar surface area (TPSA) is 55.8 Å². The Morgan fingerprint density at radius 3 is 2.27 bits per heavy atom. The van der Waals surface area contributed by atoms with Crippen molar-refractivity contribution in [2.45, 2.75) is 59.0 Å². The molecule has 1 atom stereocenters. The highest BCUT2D eigenvalue weighted by atomic mass is 31.2. The number of rotatable bonds is 7. The molecule has 0 spiro atoms. The van der Waals surface area contributed by atoms with Gasteiger partial charge in [0.2, 0.25) is 0 Å². The molecule has 0 rings (SSSR count). The molecule has 0 aromatic carbocycles. The fourth-order valence-corrected chi connectivity index (χ4v) is 2.19. The second kappa shape index (κ2) is 6.64. The average molecular weight is 238 g/mol. The molecule has 0 fully saturated rings. The largest absolute Gasteiger partial charge is 0.472 e. The van der Waals surface area contributed by atoms with Crippen LogP contribution in [0.1, 0.15) is 53.4 Å². The molecule has 1 unspecified atom stereocenters. The van der Waals surface area contributed by atoms with Crippen LogP contribution < -0.4 is 0 Å². The van der Waals surface area contributed by atoms with Gasteiger partial charge >= 0.3 is 7.82 Å². The Bertz CT molecular complexity index is 210. The summed E-state index contributed by atoms with van der Waals surface area (Å²) in [5.74, 6) is 0. The highest BCUT2D eigenvalue weighted by molar-refractivity contribution is 7.47. The smallest absolute Gasteiger partial charge is 0.302 e. The van der Waals surface area contributed by atoms with E-state index in [9.17, 15) is 9.46 Å². The normalized spacial score (nSPS) is 16.3. The molecule has 0 aliphatic heterocycles. The molecule has 0 aromatic heterocycles. The summed E-state index contributed by atoms with van der Waals surface area (Å²) in [6, 6.07) is 0. The zero-order chi connectivity index (χ0) is 11.9. The molecular weight excluding hydrogens is 215 g/mol. The summed E-state index contributed by atoms with van der Waals surface area (Å²) in [6.45, 7) is 7.55. The van der Waals surface area contributed by atoms with E-state index in [0.717, 1.165) is 25.7 Å². The van der Waals surface area contributed by atoms with Gasteiger partial charge in [0, 0.05) is 0 Å². The van der Waals surface area contributed by atoms with E-state index in [-0.39, 0.29) is 6.61 Å². The molecule has 0 heterocycles. The average Bonchev–Trinajstić information content (AvgIpc) is 1.99. The van der Waals surface area contributed by atoms with Gasteiger partial charge in [-0.3, -0.25) is 9.05 Å². The molecule has 0 amide bonds. The van der Waals surface area contributed by atoms with E-state index in [0.29, 0.717) is 0 Å². The Labute approximate surface area is 92.6 Å². The summed E-state index contributed by atoms with van der Waals surface area (Å²) in [4.78, 5) is 9.32. The van der Waals surface area contributed by atoms with Gasteiger partial charge < -0.3 is 4.89 Å². The zero-order valence-corrected chi connectivity index (χ0v) is 11.0. The highest BCUT2D eigenvalue weighted by Gasteiger charge is 2.28. The molecule has 0 bridgehead atoms. The summed E-state index contributed by atoms with van der Waals surface area (Å²) in [6.07, 6.45) is 4.08. The molecule has 0 saturated heterocycles. The predicted octanol–water partition coefficient (Wildman–Crippen LogP) is 3.50. The summed E-state index contributed by atoms with van der Waals surface area (Å²) in [5, 5.41) is 0. The van der Waals surface area contributed by atoms with Crippen LogP contribution in [0, 0.1) is 0 Å². The van der Waals surface area contributed by atoms with Crippen molar-refractivity contribution < 1.29 is 18.5 Å². The van der Waals surface area contributed by atoms with E-state index in [4.69, 9.17) is 9.05 Å². The molecule has 0 saturated carbocycles. The van der Waals surface area contributed by atoms with E-state index in [1.807, 2.05) is 0 Å². The summed E-state index contributed by atoms with van der Waals surface area (Å²) < 4.78 is 21.1. The van der Waals surface area contributed by atoms with Crippen molar-refractivity contribution in [1.29, 1.82) is 0 Å². The van der Waals surface area contributed by atoms with E-state index in [1.165, 1.54) is 0 Å². The lowest BCUT2D eigenvalue weighted by Crippen LogP contribution is -2.18. The Morgan fingerprint density at radius 2 is 1.80 bits per heavy atom. The molecule has 0 aliphatic rings. The highest BCUT2D eigenvalue weighted by Crippen LogP contribution is 2.47. The minimum atomic E-state index is -3.86. The van der Waals surface area contributed by atoms with Gasteiger partial charge in [0.05, 0.1) is 12.2 Å². The monoisotopic (exact) mass is 238 g/mol. The third kappa shape index (κ3) is 10.4. The van der Waals surface area contributed by atoms with Crippen molar-refractivity contribution in [3.63, 3.8) is 0 Å². The van der Waals surface area contributed by atoms with Crippen molar-refractivity contribution in [2.75, 3.05) is 6.61 Å². The lowest BCUT2D eigenvalue weighted by atomic mass is 10.2. The SMILES string of the molecule is CCCCCCOP(=O)(O)OC(C)(C)C. The minimum Gasteiger partial charge on any atom is -0.302 e. The van der Waals surface area contributed by atoms with Gasteiger partial charge in [0.25, 0.3) is 0 Å². The van der Waals surface area contributed by atoms with Crippen molar-refractivity contribution in [3.05, 3.63) is 0 Å². The van der Waals surface area contributed by atoms with Crippen molar-refractivity contribution >= 4 is 7.82 Å². The van der Waals surface area contributed by atoms with Crippen molar-refractivity contribution in [3.8, 4) is 0 Å². The van der Waals surface area contributed by atoms with Gasteiger partial charge in [-0.05, 0) is 27.2 Å². The first-order valence-electron chi connectivity index (χ1n) is 5.45. The van der Waals surface area contributed by atoms with Crippen LogP contribution in [0.5, 0.6) is 0 Å². The Kier molecular flexibility index (Phi) is 6.69. The molecule has 15 heavy (non-hydrogen) atoms. The van der Waals surface area contributed by atoms with Crippen LogP contribution in [-0.2, 0) is 13.6 Å². The van der Waals surface area contributed by atoms with E-state index in [1.54, 1.807) is 20.8 Å². The van der Waals surface area contributed by atoms with E-state index < -0.39 is 13.4 Å². The van der Waals surface area contributed by atoms with Crippen molar-refractivity contribution in [1.82, 2.24) is 0 Å². The molecule has 0 aromatic rings. The minimum absolute atomic E-state index is 0.282. The number of phosphoric ester groups is 1. The van der Waals surface area contributed by atoms with Crippen LogP contribution in [0.25, 0.3) is 0 Å². The molecule has 1 N–H and O–H groups in total. The fourth-order valence-electron chi connectivity index (χ4n) is 1.08. The lowest BCUT2D eigenvalue weighted by Gasteiger charge is -2.22. The maximum atomic E-state index is 11.4. The Hall–Kier alpha value is 0.110. The van der Waals surface area contributed by atoms with Crippen LogP contribution >= 0.6 is 7.82 Å². The molecule has 0 radical (unpaired) electrons. The standard InChI is InChI=1S/C10H23O4P/c1-5-6-7-8-9-13-15(11,12)14-10(2,3)4/h5-9H2,1-4H3,(H,11,12). The first-order chi connectivity index (χ1) is 6.77. The first-order valence-corrected chi connectivity index (χ1v) is 6.94. The summed E-state index contributed by atoms with van der Waals surface area (Å²) in [7, 11) is -3.86. The van der Waals surface area contributed by atoms with Gasteiger partial charge in [-0.1, -0.05) is 26.2 Å². The quantitative estimate of drug-likeness (QED) is 0.544. The number of phosphoric acid groups is 1. The van der Waals surface area contributed by atoms with Gasteiger partial charge in [0.1, 0.15) is 0 Å². The van der Waals surface area contributed by atoms with Crippen LogP contribution in [0.4, 0.5) is 0 Å². The Balaban J connectivity index is 3.70. The number of unbranched alkanes of at least 4 members (excludes halogenated alkanes) is 3. The van der Waals surface area contributed by atoms with Gasteiger partial charge in [0.15, 0.2) is 0 Å². The zero-order valence-electron chi connectivity index (χ0n) is 10.2. The number of hydrogen-bond acceptors (Lipinski definition) is 3. The van der Waals surface area contributed by atoms with E-state index >= 15 is 0 Å². The third-order valence-electron chi connectivity index (χ3n) is 1.64. The van der Waals surface area contributed by atoms with Gasteiger partial charge in [-0.15, -0.1) is 0 Å². The third-order valence-corrected chi connectivity index (χ3v) is 2.93. The molecule has 0 aliphatic carbocycles. The molecule has 4 nitrogen and oxygen atoms in total. The Morgan fingerprint density at radius 1 is 1.20 bits per heavy atom.